The zero-order valence-electron chi connectivity index (χ0n) is 10.1. The van der Waals surface area contributed by atoms with E-state index in [0.717, 1.165) is 28.8 Å². The fraction of sp³-hybridized carbons (Fsp3) is 0.308. The summed E-state index contributed by atoms with van der Waals surface area (Å²) in [7, 11) is 1.87. The third kappa shape index (κ3) is 2.22. The van der Waals surface area contributed by atoms with Gasteiger partial charge < -0.3 is 5.73 Å². The average Bonchev–Trinajstić information content (AvgIpc) is 2.70. The van der Waals surface area contributed by atoms with Crippen LogP contribution in [0.4, 0.5) is 4.39 Å². The first-order valence-electron chi connectivity index (χ1n) is 5.67. The lowest BCUT2D eigenvalue weighted by Crippen LogP contribution is -2.00. The number of rotatable bonds is 3. The van der Waals surface area contributed by atoms with E-state index in [9.17, 15) is 4.39 Å². The second-order valence-electron chi connectivity index (χ2n) is 4.02. The van der Waals surface area contributed by atoms with Gasteiger partial charge in [0.05, 0.1) is 5.69 Å². The number of halogens is 1. The van der Waals surface area contributed by atoms with Crippen LogP contribution in [0.3, 0.4) is 0 Å². The molecular formula is C13H16FN3. The Kier molecular flexibility index (Phi) is 3.24. The minimum absolute atomic E-state index is 0.247. The van der Waals surface area contributed by atoms with Crippen LogP contribution >= 0.6 is 0 Å². The molecule has 0 fully saturated rings. The summed E-state index contributed by atoms with van der Waals surface area (Å²) in [6.07, 6.45) is 2.73. The van der Waals surface area contributed by atoms with E-state index in [1.54, 1.807) is 10.7 Å². The van der Waals surface area contributed by atoms with Crippen molar-refractivity contribution in [2.75, 3.05) is 0 Å². The summed E-state index contributed by atoms with van der Waals surface area (Å²) >= 11 is 0. The maximum Gasteiger partial charge on any atom is 0.123 e. The minimum Gasteiger partial charge on any atom is -0.326 e. The van der Waals surface area contributed by atoms with Gasteiger partial charge in [-0.15, -0.1) is 0 Å². The van der Waals surface area contributed by atoms with E-state index in [1.165, 1.54) is 12.1 Å². The topological polar surface area (TPSA) is 43.8 Å². The number of benzene rings is 1. The Labute approximate surface area is 100 Å². The second-order valence-corrected chi connectivity index (χ2v) is 4.02. The molecule has 3 nitrogen and oxygen atoms in total. The van der Waals surface area contributed by atoms with Crippen molar-refractivity contribution in [1.29, 1.82) is 0 Å². The van der Waals surface area contributed by atoms with Crippen molar-refractivity contribution in [2.24, 2.45) is 12.8 Å². The minimum atomic E-state index is -0.247. The van der Waals surface area contributed by atoms with Crippen molar-refractivity contribution in [2.45, 2.75) is 19.9 Å². The molecule has 0 bridgehead atoms. The highest BCUT2D eigenvalue weighted by Gasteiger charge is 2.12. The summed E-state index contributed by atoms with van der Waals surface area (Å²) in [6.45, 7) is 2.43. The molecule has 1 aromatic heterocycles. The third-order valence-electron chi connectivity index (χ3n) is 2.82. The summed E-state index contributed by atoms with van der Waals surface area (Å²) < 4.78 is 15.1. The number of aryl methyl sites for hydroxylation is 2. The highest BCUT2D eigenvalue weighted by Crippen LogP contribution is 2.27. The lowest BCUT2D eigenvalue weighted by atomic mass is 9.99. The van der Waals surface area contributed by atoms with Crippen LogP contribution in [-0.4, -0.2) is 9.78 Å². The smallest absolute Gasteiger partial charge is 0.123 e. The maximum absolute atomic E-state index is 13.3. The van der Waals surface area contributed by atoms with Crippen molar-refractivity contribution < 1.29 is 4.39 Å². The Bertz CT molecular complexity index is 531. The van der Waals surface area contributed by atoms with Gasteiger partial charge in [0.1, 0.15) is 5.82 Å². The molecule has 1 aromatic carbocycles. The first-order valence-corrected chi connectivity index (χ1v) is 5.67. The zero-order chi connectivity index (χ0) is 12.4. The average molecular weight is 233 g/mol. The van der Waals surface area contributed by atoms with Crippen LogP contribution < -0.4 is 5.73 Å². The first-order chi connectivity index (χ1) is 8.15. The molecule has 0 amide bonds. The van der Waals surface area contributed by atoms with Gasteiger partial charge in [-0.25, -0.2) is 4.39 Å². The lowest BCUT2D eigenvalue weighted by molar-refractivity contribution is 0.627. The van der Waals surface area contributed by atoms with Crippen molar-refractivity contribution in [1.82, 2.24) is 9.78 Å². The molecule has 0 saturated heterocycles. The van der Waals surface area contributed by atoms with Crippen LogP contribution in [0.5, 0.6) is 0 Å². The van der Waals surface area contributed by atoms with Gasteiger partial charge in [-0.3, -0.25) is 4.68 Å². The van der Waals surface area contributed by atoms with Gasteiger partial charge in [0.25, 0.3) is 0 Å². The number of hydrogen-bond donors (Lipinski definition) is 1. The van der Waals surface area contributed by atoms with Crippen molar-refractivity contribution in [3.63, 3.8) is 0 Å². The van der Waals surface area contributed by atoms with Crippen LogP contribution in [0.15, 0.2) is 24.4 Å². The van der Waals surface area contributed by atoms with Gasteiger partial charge in [-0.05, 0) is 29.7 Å². The van der Waals surface area contributed by atoms with Crippen molar-refractivity contribution in [3.8, 4) is 11.1 Å². The molecule has 2 rings (SSSR count). The van der Waals surface area contributed by atoms with Crippen molar-refractivity contribution >= 4 is 0 Å². The van der Waals surface area contributed by atoms with Gasteiger partial charge in [0.2, 0.25) is 0 Å². The monoisotopic (exact) mass is 233 g/mol. The molecule has 0 unspecified atom stereocenters. The van der Waals surface area contributed by atoms with E-state index in [-0.39, 0.29) is 5.82 Å². The summed E-state index contributed by atoms with van der Waals surface area (Å²) in [4.78, 5) is 0. The number of hydrogen-bond acceptors (Lipinski definition) is 2. The Morgan fingerprint density at radius 2 is 2.12 bits per heavy atom. The molecule has 0 atom stereocenters. The van der Waals surface area contributed by atoms with Gasteiger partial charge in [0.15, 0.2) is 0 Å². The summed E-state index contributed by atoms with van der Waals surface area (Å²) in [5.41, 5.74) is 9.40. The number of nitrogens with zero attached hydrogens (tertiary/aromatic N) is 2. The first kappa shape index (κ1) is 11.8. The fourth-order valence-electron chi connectivity index (χ4n) is 2.00. The molecule has 2 aromatic rings. The molecule has 4 heteroatoms. The Hall–Kier alpha value is -1.68. The third-order valence-corrected chi connectivity index (χ3v) is 2.82. The van der Waals surface area contributed by atoms with E-state index in [0.29, 0.717) is 6.54 Å². The molecule has 0 aliphatic rings. The zero-order valence-corrected chi connectivity index (χ0v) is 10.1. The Morgan fingerprint density at radius 3 is 2.76 bits per heavy atom. The van der Waals surface area contributed by atoms with E-state index in [1.807, 2.05) is 20.2 Å². The van der Waals surface area contributed by atoms with Gasteiger partial charge >= 0.3 is 0 Å². The Morgan fingerprint density at radius 1 is 1.35 bits per heavy atom. The predicted octanol–water partition coefficient (Wildman–Crippen LogP) is 2.25. The molecule has 0 aliphatic heterocycles. The molecule has 0 aliphatic carbocycles. The van der Waals surface area contributed by atoms with Gasteiger partial charge in [-0.1, -0.05) is 13.0 Å². The quantitative estimate of drug-likeness (QED) is 0.883. The Balaban J connectivity index is 2.61. The fourth-order valence-corrected chi connectivity index (χ4v) is 2.00. The van der Waals surface area contributed by atoms with Crippen molar-refractivity contribution in [3.05, 3.63) is 41.5 Å². The highest BCUT2D eigenvalue weighted by molar-refractivity contribution is 5.69. The van der Waals surface area contributed by atoms with Crippen LogP contribution in [-0.2, 0) is 20.0 Å². The van der Waals surface area contributed by atoms with Crippen LogP contribution in [0, 0.1) is 5.82 Å². The molecule has 0 spiro atoms. The van der Waals surface area contributed by atoms with Gasteiger partial charge in [0, 0.05) is 25.4 Å². The largest absolute Gasteiger partial charge is 0.326 e. The van der Waals surface area contributed by atoms with E-state index in [2.05, 4.69) is 5.10 Å². The van der Waals surface area contributed by atoms with Crippen LogP contribution in [0.2, 0.25) is 0 Å². The lowest BCUT2D eigenvalue weighted by Gasteiger charge is -2.07. The summed E-state index contributed by atoms with van der Waals surface area (Å²) in [6, 6.07) is 4.70. The van der Waals surface area contributed by atoms with Gasteiger partial charge in [-0.2, -0.15) is 5.10 Å². The van der Waals surface area contributed by atoms with E-state index >= 15 is 0 Å². The summed E-state index contributed by atoms with van der Waals surface area (Å²) in [5, 5.41) is 4.36. The predicted molar refractivity (Wildman–Crippen MR) is 65.9 cm³/mol. The van der Waals surface area contributed by atoms with E-state index in [4.69, 9.17) is 5.73 Å². The molecule has 0 saturated carbocycles. The van der Waals surface area contributed by atoms with E-state index < -0.39 is 0 Å². The maximum atomic E-state index is 13.3. The highest BCUT2D eigenvalue weighted by atomic mass is 19.1. The normalized spacial score (nSPS) is 10.8. The standard InChI is InChI=1S/C13H16FN3/c1-3-13-12(8-17(2)16-13)11-6-10(14)5-4-9(11)7-15/h4-6,8H,3,7,15H2,1-2H3. The molecule has 2 N–H and O–H groups in total. The number of aromatic nitrogens is 2. The second kappa shape index (κ2) is 4.67. The number of nitrogens with two attached hydrogens (primary N) is 1. The molecule has 17 heavy (non-hydrogen) atoms. The molecule has 90 valence electrons. The summed E-state index contributed by atoms with van der Waals surface area (Å²) in [5.74, 6) is -0.247. The molecular weight excluding hydrogens is 217 g/mol. The molecule has 1 heterocycles. The van der Waals surface area contributed by atoms with Crippen LogP contribution in [0.1, 0.15) is 18.2 Å². The SMILES string of the molecule is CCc1nn(C)cc1-c1cc(F)ccc1CN. The molecule has 0 radical (unpaired) electrons. The van der Waals surface area contributed by atoms with Crippen LogP contribution in [0.25, 0.3) is 11.1 Å².